The largest absolute Gasteiger partial charge is 0.466 e. The highest BCUT2D eigenvalue weighted by Crippen LogP contribution is 2.20. The van der Waals surface area contributed by atoms with Gasteiger partial charge in [0.25, 0.3) is 0 Å². The van der Waals surface area contributed by atoms with Crippen molar-refractivity contribution in [3.8, 4) is 0 Å². The maximum atomic E-state index is 11.9. The van der Waals surface area contributed by atoms with Gasteiger partial charge < -0.3 is 19.6 Å². The van der Waals surface area contributed by atoms with E-state index >= 15 is 0 Å². The van der Waals surface area contributed by atoms with Crippen LogP contribution in [-0.4, -0.2) is 31.3 Å². The summed E-state index contributed by atoms with van der Waals surface area (Å²) >= 11 is 0. The smallest absolute Gasteiger partial charge is 0.222 e. The van der Waals surface area contributed by atoms with Crippen LogP contribution in [0, 0.1) is 5.92 Å². The Labute approximate surface area is 113 Å². The molecule has 0 saturated heterocycles. The van der Waals surface area contributed by atoms with Gasteiger partial charge in [0.1, 0.15) is 11.4 Å². The van der Waals surface area contributed by atoms with E-state index in [0.29, 0.717) is 12.4 Å². The fourth-order valence-electron chi connectivity index (χ4n) is 1.77. The van der Waals surface area contributed by atoms with Gasteiger partial charge in [-0.15, -0.1) is 0 Å². The number of ether oxygens (including phenoxy) is 1. The van der Waals surface area contributed by atoms with Crippen molar-refractivity contribution in [2.45, 2.75) is 32.3 Å². The molecular formula is C14H23NO4. The molecule has 1 aromatic rings. The summed E-state index contributed by atoms with van der Waals surface area (Å²) in [7, 11) is 1.64. The third-order valence-corrected chi connectivity index (χ3v) is 3.09. The lowest BCUT2D eigenvalue weighted by Crippen LogP contribution is -2.40. The van der Waals surface area contributed by atoms with Gasteiger partial charge in [-0.25, -0.2) is 0 Å². The van der Waals surface area contributed by atoms with Crippen LogP contribution in [0.4, 0.5) is 0 Å². The molecule has 5 nitrogen and oxygen atoms in total. The summed E-state index contributed by atoms with van der Waals surface area (Å²) in [4.78, 5) is 11.9. The summed E-state index contributed by atoms with van der Waals surface area (Å²) in [6.45, 7) is 4.27. The predicted molar refractivity (Wildman–Crippen MR) is 71.6 cm³/mol. The first-order valence-electron chi connectivity index (χ1n) is 6.50. The molecule has 2 atom stereocenters. The molecule has 0 bridgehead atoms. The van der Waals surface area contributed by atoms with Gasteiger partial charge in [-0.1, -0.05) is 6.92 Å². The Kier molecular flexibility index (Phi) is 6.05. The standard InChI is InChI=1S/C14H23NO4/c1-11(6-4-8-18-3)13(16)15-10-14(2,17)12-7-5-9-19-12/h5,7,9,11,17H,4,6,8,10H2,1-3H3,(H,15,16). The van der Waals surface area contributed by atoms with Crippen LogP contribution in [0.5, 0.6) is 0 Å². The minimum absolute atomic E-state index is 0.0667. The maximum Gasteiger partial charge on any atom is 0.222 e. The van der Waals surface area contributed by atoms with Gasteiger partial charge in [0.05, 0.1) is 12.8 Å². The second-order valence-corrected chi connectivity index (χ2v) is 5.01. The molecule has 2 N–H and O–H groups in total. The van der Waals surface area contributed by atoms with E-state index in [1.807, 2.05) is 6.92 Å². The highest BCUT2D eigenvalue weighted by atomic mass is 16.5. The van der Waals surface area contributed by atoms with Gasteiger partial charge >= 0.3 is 0 Å². The van der Waals surface area contributed by atoms with E-state index < -0.39 is 5.60 Å². The average molecular weight is 269 g/mol. The molecule has 0 aliphatic rings. The Morgan fingerprint density at radius 1 is 1.63 bits per heavy atom. The van der Waals surface area contributed by atoms with Crippen molar-refractivity contribution >= 4 is 5.91 Å². The van der Waals surface area contributed by atoms with E-state index in [-0.39, 0.29) is 18.4 Å². The third-order valence-electron chi connectivity index (χ3n) is 3.09. The van der Waals surface area contributed by atoms with Crippen LogP contribution in [0.15, 0.2) is 22.8 Å². The Hall–Kier alpha value is -1.33. The molecule has 0 spiro atoms. The van der Waals surface area contributed by atoms with Gasteiger partial charge in [-0.3, -0.25) is 4.79 Å². The van der Waals surface area contributed by atoms with Crippen molar-refractivity contribution in [3.63, 3.8) is 0 Å². The molecule has 0 aliphatic carbocycles. The lowest BCUT2D eigenvalue weighted by atomic mass is 10.0. The zero-order chi connectivity index (χ0) is 14.3. The van der Waals surface area contributed by atoms with Crippen LogP contribution >= 0.6 is 0 Å². The molecule has 1 amide bonds. The van der Waals surface area contributed by atoms with Crippen molar-refractivity contribution in [1.82, 2.24) is 5.32 Å². The number of methoxy groups -OCH3 is 1. The van der Waals surface area contributed by atoms with Gasteiger partial charge in [-0.2, -0.15) is 0 Å². The molecule has 0 aromatic carbocycles. The zero-order valence-corrected chi connectivity index (χ0v) is 11.8. The Balaban J connectivity index is 2.37. The monoisotopic (exact) mass is 269 g/mol. The molecule has 1 aromatic heterocycles. The molecule has 108 valence electrons. The molecule has 0 saturated carbocycles. The van der Waals surface area contributed by atoms with Gasteiger partial charge in [0.15, 0.2) is 0 Å². The Morgan fingerprint density at radius 3 is 2.95 bits per heavy atom. The second-order valence-electron chi connectivity index (χ2n) is 5.01. The number of hydrogen-bond donors (Lipinski definition) is 2. The van der Waals surface area contributed by atoms with Crippen LogP contribution in [-0.2, 0) is 15.1 Å². The first-order chi connectivity index (χ1) is 8.97. The SMILES string of the molecule is COCCCC(C)C(=O)NCC(C)(O)c1ccco1. The predicted octanol–water partition coefficient (Wildman–Crippen LogP) is 1.67. The minimum atomic E-state index is -1.19. The number of hydrogen-bond acceptors (Lipinski definition) is 4. The molecular weight excluding hydrogens is 246 g/mol. The molecule has 0 radical (unpaired) electrons. The topological polar surface area (TPSA) is 71.7 Å². The van der Waals surface area contributed by atoms with E-state index in [1.165, 1.54) is 6.26 Å². The molecule has 0 fully saturated rings. The van der Waals surface area contributed by atoms with Crippen LogP contribution in [0.2, 0.25) is 0 Å². The molecule has 5 heteroatoms. The summed E-state index contributed by atoms with van der Waals surface area (Å²) in [5, 5.41) is 12.9. The Bertz CT molecular complexity index is 373. The molecule has 19 heavy (non-hydrogen) atoms. The fourth-order valence-corrected chi connectivity index (χ4v) is 1.77. The van der Waals surface area contributed by atoms with Gasteiger partial charge in [0.2, 0.25) is 5.91 Å². The quantitative estimate of drug-likeness (QED) is 0.704. The highest BCUT2D eigenvalue weighted by Gasteiger charge is 2.27. The van der Waals surface area contributed by atoms with Crippen LogP contribution in [0.1, 0.15) is 32.4 Å². The lowest BCUT2D eigenvalue weighted by Gasteiger charge is -2.22. The van der Waals surface area contributed by atoms with Crippen LogP contribution in [0.3, 0.4) is 0 Å². The van der Waals surface area contributed by atoms with Gasteiger partial charge in [-0.05, 0) is 31.9 Å². The van der Waals surface area contributed by atoms with Crippen LogP contribution < -0.4 is 5.32 Å². The number of aliphatic hydroxyl groups is 1. The van der Waals surface area contributed by atoms with Crippen molar-refractivity contribution in [2.24, 2.45) is 5.92 Å². The number of amides is 1. The van der Waals surface area contributed by atoms with Crippen molar-refractivity contribution in [1.29, 1.82) is 0 Å². The fraction of sp³-hybridized carbons (Fsp3) is 0.643. The highest BCUT2D eigenvalue weighted by molar-refractivity contribution is 5.78. The first kappa shape index (κ1) is 15.7. The summed E-state index contributed by atoms with van der Waals surface area (Å²) in [6, 6.07) is 3.40. The first-order valence-corrected chi connectivity index (χ1v) is 6.50. The molecule has 1 heterocycles. The third kappa shape index (κ3) is 5.04. The Morgan fingerprint density at radius 2 is 2.37 bits per heavy atom. The average Bonchev–Trinajstić information content (AvgIpc) is 2.90. The van der Waals surface area contributed by atoms with Crippen LogP contribution in [0.25, 0.3) is 0 Å². The van der Waals surface area contributed by atoms with Crippen molar-refractivity contribution in [3.05, 3.63) is 24.2 Å². The number of furan rings is 1. The molecule has 2 unspecified atom stereocenters. The number of rotatable bonds is 8. The normalized spacial score (nSPS) is 15.8. The summed E-state index contributed by atoms with van der Waals surface area (Å²) < 4.78 is 10.1. The van der Waals surface area contributed by atoms with E-state index in [9.17, 15) is 9.90 Å². The number of nitrogens with one attached hydrogen (secondary N) is 1. The molecule has 1 rings (SSSR count). The number of carbonyl (C=O) groups is 1. The van der Waals surface area contributed by atoms with Crippen molar-refractivity contribution in [2.75, 3.05) is 20.3 Å². The van der Waals surface area contributed by atoms with Crippen molar-refractivity contribution < 1.29 is 19.1 Å². The van der Waals surface area contributed by atoms with E-state index in [1.54, 1.807) is 26.2 Å². The lowest BCUT2D eigenvalue weighted by molar-refractivity contribution is -0.126. The van der Waals surface area contributed by atoms with E-state index in [0.717, 1.165) is 12.8 Å². The van der Waals surface area contributed by atoms with E-state index in [2.05, 4.69) is 5.32 Å². The second kappa shape index (κ2) is 7.31. The molecule has 0 aliphatic heterocycles. The maximum absolute atomic E-state index is 11.9. The van der Waals surface area contributed by atoms with E-state index in [4.69, 9.17) is 9.15 Å². The zero-order valence-electron chi connectivity index (χ0n) is 11.8. The summed E-state index contributed by atoms with van der Waals surface area (Å²) in [6.07, 6.45) is 3.11. The summed E-state index contributed by atoms with van der Waals surface area (Å²) in [5.74, 6) is 0.283. The van der Waals surface area contributed by atoms with Gasteiger partial charge in [0, 0.05) is 19.6 Å². The minimum Gasteiger partial charge on any atom is -0.466 e. The summed E-state index contributed by atoms with van der Waals surface area (Å²) in [5.41, 5.74) is -1.19. The number of carbonyl (C=O) groups excluding carboxylic acids is 1.